The van der Waals surface area contributed by atoms with E-state index in [1.54, 1.807) is 17.0 Å². The fraction of sp³-hybridized carbons (Fsp3) is 0.467. The van der Waals surface area contributed by atoms with Gasteiger partial charge in [0, 0.05) is 75.6 Å². The summed E-state index contributed by atoms with van der Waals surface area (Å²) in [5.41, 5.74) is 8.61. The van der Waals surface area contributed by atoms with Crippen molar-refractivity contribution in [2.45, 2.75) is 38.3 Å². The number of carbonyl (C=O) groups is 4. The number of imide groups is 1. The first kappa shape index (κ1) is 27.2. The number of halogens is 1. The van der Waals surface area contributed by atoms with Gasteiger partial charge in [0.15, 0.2) is 0 Å². The van der Waals surface area contributed by atoms with Crippen LogP contribution < -0.4 is 20.9 Å². The molecule has 4 aliphatic heterocycles. The van der Waals surface area contributed by atoms with E-state index >= 15 is 0 Å². The van der Waals surface area contributed by atoms with Gasteiger partial charge in [0.1, 0.15) is 11.9 Å². The SMILES string of the molecule is NC(=O)c1ccc(N2CCC(CN3CCN(c4ccc5c(c4)CN(C4CCC(=O)NC4=O)C5=O)CC3)CC2)c(F)c1. The number of rotatable bonds is 6. The van der Waals surface area contributed by atoms with Gasteiger partial charge in [-0.15, -0.1) is 0 Å². The van der Waals surface area contributed by atoms with E-state index in [0.29, 0.717) is 30.1 Å². The third kappa shape index (κ3) is 5.50. The maximum atomic E-state index is 14.6. The third-order valence-electron chi connectivity index (χ3n) is 8.95. The summed E-state index contributed by atoms with van der Waals surface area (Å²) in [5, 5.41) is 2.35. The molecule has 0 spiro atoms. The van der Waals surface area contributed by atoms with Crippen molar-refractivity contribution in [3.63, 3.8) is 0 Å². The summed E-state index contributed by atoms with van der Waals surface area (Å²) < 4.78 is 14.6. The van der Waals surface area contributed by atoms with Gasteiger partial charge in [-0.2, -0.15) is 0 Å². The number of piperazine rings is 1. The molecule has 0 bridgehead atoms. The first-order valence-corrected chi connectivity index (χ1v) is 14.4. The second kappa shape index (κ2) is 11.1. The molecule has 0 aromatic heterocycles. The van der Waals surface area contributed by atoms with Gasteiger partial charge >= 0.3 is 0 Å². The van der Waals surface area contributed by atoms with Gasteiger partial charge in [-0.25, -0.2) is 4.39 Å². The Morgan fingerprint density at radius 1 is 0.927 bits per heavy atom. The number of nitrogens with two attached hydrogens (primary N) is 1. The monoisotopic (exact) mass is 562 g/mol. The van der Waals surface area contributed by atoms with Crippen molar-refractivity contribution in [3.8, 4) is 0 Å². The lowest BCUT2D eigenvalue weighted by Gasteiger charge is -2.40. The van der Waals surface area contributed by atoms with Crippen LogP contribution in [0, 0.1) is 11.7 Å². The van der Waals surface area contributed by atoms with Gasteiger partial charge < -0.3 is 20.4 Å². The second-order valence-electron chi connectivity index (χ2n) is 11.5. The zero-order valence-corrected chi connectivity index (χ0v) is 23.0. The minimum atomic E-state index is -0.628. The van der Waals surface area contributed by atoms with E-state index in [1.807, 2.05) is 12.1 Å². The maximum Gasteiger partial charge on any atom is 0.255 e. The average Bonchev–Trinajstić information content (AvgIpc) is 3.29. The molecule has 3 fully saturated rings. The zero-order chi connectivity index (χ0) is 28.7. The summed E-state index contributed by atoms with van der Waals surface area (Å²) in [6.45, 7) is 6.63. The molecule has 0 saturated carbocycles. The number of carbonyl (C=O) groups excluding carboxylic acids is 4. The summed E-state index contributed by atoms with van der Waals surface area (Å²) >= 11 is 0. The van der Waals surface area contributed by atoms with E-state index in [1.165, 1.54) is 6.07 Å². The summed E-state index contributed by atoms with van der Waals surface area (Å²) in [6.07, 6.45) is 2.58. The standard InChI is InChI=1S/C30H35FN6O4/c31-24-16-20(28(32)39)1-4-25(24)36-9-7-19(8-10-36)17-34-11-13-35(14-12-34)22-2-3-23-21(15-22)18-37(30(23)41)26-5-6-27(38)33-29(26)40/h1-4,15-16,19,26H,5-14,17-18H2,(H2,32,39)(H,33,38,40). The van der Waals surface area contributed by atoms with Crippen LogP contribution >= 0.6 is 0 Å². The Labute approximate surface area is 238 Å². The fourth-order valence-corrected chi connectivity index (χ4v) is 6.58. The van der Waals surface area contributed by atoms with Crippen molar-refractivity contribution >= 4 is 35.0 Å². The van der Waals surface area contributed by atoms with Crippen LogP contribution in [-0.4, -0.2) is 85.3 Å². The van der Waals surface area contributed by atoms with Crippen molar-refractivity contribution in [1.82, 2.24) is 15.1 Å². The molecule has 10 nitrogen and oxygen atoms in total. The van der Waals surface area contributed by atoms with Gasteiger partial charge in [-0.1, -0.05) is 0 Å². The number of nitrogens with zero attached hydrogens (tertiary/aromatic N) is 4. The highest BCUT2D eigenvalue weighted by atomic mass is 19.1. The molecule has 4 heterocycles. The number of nitrogens with one attached hydrogen (secondary N) is 1. The number of piperidine rings is 2. The van der Waals surface area contributed by atoms with E-state index in [4.69, 9.17) is 5.73 Å². The lowest BCUT2D eigenvalue weighted by atomic mass is 9.95. The predicted octanol–water partition coefficient (Wildman–Crippen LogP) is 1.72. The number of benzene rings is 2. The molecule has 6 rings (SSSR count). The number of hydrogen-bond acceptors (Lipinski definition) is 7. The van der Waals surface area contributed by atoms with Gasteiger partial charge in [0.25, 0.3) is 5.91 Å². The first-order valence-electron chi connectivity index (χ1n) is 14.4. The van der Waals surface area contributed by atoms with Crippen LogP contribution in [0.25, 0.3) is 0 Å². The van der Waals surface area contributed by atoms with Crippen LogP contribution in [-0.2, 0) is 16.1 Å². The van der Waals surface area contributed by atoms with Crippen LogP contribution in [0.4, 0.5) is 15.8 Å². The van der Waals surface area contributed by atoms with Gasteiger partial charge in [-0.3, -0.25) is 29.4 Å². The van der Waals surface area contributed by atoms with Crippen LogP contribution in [0.2, 0.25) is 0 Å². The Morgan fingerprint density at radius 3 is 2.37 bits per heavy atom. The summed E-state index contributed by atoms with van der Waals surface area (Å²) in [7, 11) is 0. The Balaban J connectivity index is 0.993. The van der Waals surface area contributed by atoms with E-state index in [9.17, 15) is 23.6 Å². The summed E-state index contributed by atoms with van der Waals surface area (Å²) in [4.78, 5) is 56.7. The maximum absolute atomic E-state index is 14.6. The fourth-order valence-electron chi connectivity index (χ4n) is 6.58. The van der Waals surface area contributed by atoms with Crippen molar-refractivity contribution in [2.75, 3.05) is 55.6 Å². The van der Waals surface area contributed by atoms with Gasteiger partial charge in [0.2, 0.25) is 17.7 Å². The number of primary amides is 1. The van der Waals surface area contributed by atoms with Crippen molar-refractivity contribution in [2.24, 2.45) is 11.7 Å². The quantitative estimate of drug-likeness (QED) is 0.515. The van der Waals surface area contributed by atoms with Crippen LogP contribution in [0.5, 0.6) is 0 Å². The smallest absolute Gasteiger partial charge is 0.255 e. The Bertz CT molecular complexity index is 1380. The Hall–Kier alpha value is -3.99. The molecule has 41 heavy (non-hydrogen) atoms. The topological polar surface area (TPSA) is 119 Å². The molecule has 1 atom stereocenters. The summed E-state index contributed by atoms with van der Waals surface area (Å²) in [5.74, 6) is -1.31. The lowest BCUT2D eigenvalue weighted by Crippen LogP contribution is -2.52. The molecule has 3 N–H and O–H groups in total. The Morgan fingerprint density at radius 2 is 1.68 bits per heavy atom. The molecule has 2 aromatic carbocycles. The first-order chi connectivity index (χ1) is 19.8. The van der Waals surface area contributed by atoms with Crippen LogP contribution in [0.3, 0.4) is 0 Å². The molecule has 4 aliphatic rings. The number of amides is 4. The van der Waals surface area contributed by atoms with Crippen LogP contribution in [0.15, 0.2) is 36.4 Å². The summed E-state index contributed by atoms with van der Waals surface area (Å²) in [6, 6.07) is 9.77. The van der Waals surface area contributed by atoms with Crippen molar-refractivity contribution in [1.29, 1.82) is 0 Å². The molecular weight excluding hydrogens is 527 g/mol. The number of fused-ring (bicyclic) bond motifs is 1. The minimum absolute atomic E-state index is 0.151. The molecule has 3 saturated heterocycles. The molecule has 1 unspecified atom stereocenters. The zero-order valence-electron chi connectivity index (χ0n) is 23.0. The molecule has 11 heteroatoms. The van der Waals surface area contributed by atoms with E-state index in [0.717, 1.165) is 69.9 Å². The predicted molar refractivity (Wildman–Crippen MR) is 151 cm³/mol. The third-order valence-corrected chi connectivity index (χ3v) is 8.95. The second-order valence-corrected chi connectivity index (χ2v) is 11.5. The van der Waals surface area contributed by atoms with Crippen LogP contribution in [0.1, 0.15) is 52.0 Å². The van der Waals surface area contributed by atoms with Gasteiger partial charge in [-0.05, 0) is 67.1 Å². The number of anilines is 2. The Kier molecular flexibility index (Phi) is 7.37. The number of hydrogen-bond donors (Lipinski definition) is 2. The molecule has 4 amide bonds. The van der Waals surface area contributed by atoms with Crippen molar-refractivity contribution in [3.05, 3.63) is 58.9 Å². The average molecular weight is 563 g/mol. The largest absolute Gasteiger partial charge is 0.369 e. The highest BCUT2D eigenvalue weighted by Crippen LogP contribution is 2.31. The molecular formula is C30H35FN6O4. The normalized spacial score (nSPS) is 22.2. The lowest BCUT2D eigenvalue weighted by molar-refractivity contribution is -0.136. The molecule has 2 aromatic rings. The minimum Gasteiger partial charge on any atom is -0.369 e. The van der Waals surface area contributed by atoms with E-state index in [2.05, 4.69) is 26.1 Å². The molecule has 216 valence electrons. The highest BCUT2D eigenvalue weighted by molar-refractivity contribution is 6.05. The highest BCUT2D eigenvalue weighted by Gasteiger charge is 2.39. The molecule has 0 radical (unpaired) electrons. The van der Waals surface area contributed by atoms with Gasteiger partial charge in [0.05, 0.1) is 5.69 Å². The van der Waals surface area contributed by atoms with E-state index < -0.39 is 23.7 Å². The van der Waals surface area contributed by atoms with E-state index in [-0.39, 0.29) is 23.8 Å². The molecule has 0 aliphatic carbocycles. The van der Waals surface area contributed by atoms with Crippen molar-refractivity contribution < 1.29 is 23.6 Å².